The van der Waals surface area contributed by atoms with Gasteiger partial charge in [0.05, 0.1) is 25.4 Å². The van der Waals surface area contributed by atoms with Gasteiger partial charge in [0.2, 0.25) is 11.8 Å². The van der Waals surface area contributed by atoms with Crippen molar-refractivity contribution in [1.29, 1.82) is 0 Å². The Morgan fingerprint density at radius 3 is 2.31 bits per heavy atom. The number of rotatable bonds is 10. The van der Waals surface area contributed by atoms with Crippen molar-refractivity contribution in [2.45, 2.75) is 45.3 Å². The summed E-state index contributed by atoms with van der Waals surface area (Å²) >= 11 is 0. The third-order valence-electron chi connectivity index (χ3n) is 6.64. The van der Waals surface area contributed by atoms with E-state index in [1.165, 1.54) is 42.0 Å². The van der Waals surface area contributed by atoms with Gasteiger partial charge < -0.3 is 14.8 Å². The van der Waals surface area contributed by atoms with Crippen LogP contribution in [0, 0.1) is 5.82 Å². The fourth-order valence-electron chi connectivity index (χ4n) is 4.19. The predicted molar refractivity (Wildman–Crippen MR) is 146 cm³/mol. The van der Waals surface area contributed by atoms with Gasteiger partial charge in [0, 0.05) is 29.3 Å². The lowest BCUT2D eigenvalue weighted by Crippen LogP contribution is -2.51. The summed E-state index contributed by atoms with van der Waals surface area (Å²) in [4.78, 5) is 29.4. The van der Waals surface area contributed by atoms with Crippen LogP contribution in [0.25, 0.3) is 11.0 Å². The van der Waals surface area contributed by atoms with Gasteiger partial charge in [-0.25, -0.2) is 9.07 Å². The minimum absolute atomic E-state index is 0.0421. The molecule has 9 nitrogen and oxygen atoms in total. The van der Waals surface area contributed by atoms with Gasteiger partial charge in [0.25, 0.3) is 0 Å². The molecule has 1 N–H and O–H groups in total. The average Bonchev–Trinajstić information content (AvgIpc) is 3.34. The van der Waals surface area contributed by atoms with Crippen molar-refractivity contribution in [1.82, 2.24) is 20.3 Å². The molecule has 10 heteroatoms. The summed E-state index contributed by atoms with van der Waals surface area (Å²) in [6.45, 7) is 5.41. The number of nitrogens with one attached hydrogen (secondary N) is 1. The minimum atomic E-state index is -1.35. The molecule has 3 aromatic carbocycles. The second kappa shape index (κ2) is 11.5. The van der Waals surface area contributed by atoms with Gasteiger partial charge in [-0.1, -0.05) is 42.5 Å². The number of fused-ring (bicyclic) bond motifs is 1. The first-order valence-electron chi connectivity index (χ1n) is 12.6. The number of carbonyl (C=O) groups is 2. The fourth-order valence-corrected chi connectivity index (χ4v) is 4.19. The number of methoxy groups -OCH3 is 2. The number of aromatic nitrogens is 3. The Morgan fingerprint density at radius 2 is 1.67 bits per heavy atom. The standard InChI is InChI=1S/C29H32FN5O4/c1-6-29(2,3)31-28(37)27(22-11-7-8-12-23(22)30)35(19-15-20(38-4)17-21(16-19)39-5)26(36)18-34-25-14-10-9-13-24(25)32-33-34/h7-17,27H,6,18H2,1-5H3,(H,31,37). The quantitative estimate of drug-likeness (QED) is 0.318. The molecule has 39 heavy (non-hydrogen) atoms. The largest absolute Gasteiger partial charge is 0.497 e. The predicted octanol–water partition coefficient (Wildman–Crippen LogP) is 4.67. The summed E-state index contributed by atoms with van der Waals surface area (Å²) < 4.78 is 27.7. The highest BCUT2D eigenvalue weighted by molar-refractivity contribution is 6.02. The normalized spacial score (nSPS) is 12.2. The number of anilines is 1. The molecule has 0 saturated heterocycles. The van der Waals surface area contributed by atoms with Crippen molar-refractivity contribution in [2.75, 3.05) is 19.1 Å². The lowest BCUT2D eigenvalue weighted by atomic mass is 9.97. The molecule has 0 aliphatic carbocycles. The summed E-state index contributed by atoms with van der Waals surface area (Å²) in [7, 11) is 2.97. The zero-order chi connectivity index (χ0) is 28.2. The summed E-state index contributed by atoms with van der Waals surface area (Å²) in [5.74, 6) is -0.875. The maximum absolute atomic E-state index is 15.3. The minimum Gasteiger partial charge on any atom is -0.497 e. The zero-order valence-electron chi connectivity index (χ0n) is 22.6. The van der Waals surface area contributed by atoms with Crippen molar-refractivity contribution in [2.24, 2.45) is 0 Å². The number of carbonyl (C=O) groups excluding carboxylic acids is 2. The number of amides is 2. The summed E-state index contributed by atoms with van der Waals surface area (Å²) in [6, 6.07) is 16.7. The number of ether oxygens (including phenoxy) is 2. The van der Waals surface area contributed by atoms with E-state index in [2.05, 4.69) is 15.6 Å². The SMILES string of the molecule is CCC(C)(C)NC(=O)C(c1ccccc1F)N(C(=O)Cn1nnc2ccccc21)c1cc(OC)cc(OC)c1. The van der Waals surface area contributed by atoms with Gasteiger partial charge in [-0.05, 0) is 38.5 Å². The molecule has 0 saturated carbocycles. The number of para-hydroxylation sites is 1. The highest BCUT2D eigenvalue weighted by Gasteiger charge is 2.37. The second-order valence-electron chi connectivity index (χ2n) is 9.72. The third kappa shape index (κ3) is 6.00. The Bertz CT molecular complexity index is 1460. The Balaban J connectivity index is 1.90. The maximum Gasteiger partial charge on any atom is 0.249 e. The molecule has 204 valence electrons. The van der Waals surface area contributed by atoms with E-state index in [4.69, 9.17) is 9.47 Å². The Labute approximate surface area is 226 Å². The van der Waals surface area contributed by atoms with Gasteiger partial charge >= 0.3 is 0 Å². The summed E-state index contributed by atoms with van der Waals surface area (Å²) in [6.07, 6.45) is 0.620. The van der Waals surface area contributed by atoms with Crippen LogP contribution in [-0.4, -0.2) is 46.6 Å². The number of hydrogen-bond acceptors (Lipinski definition) is 6. The lowest BCUT2D eigenvalue weighted by molar-refractivity contribution is -0.128. The summed E-state index contributed by atoms with van der Waals surface area (Å²) in [5, 5.41) is 11.3. The molecule has 2 amide bonds. The van der Waals surface area contributed by atoms with Gasteiger partial charge in [-0.3, -0.25) is 14.5 Å². The third-order valence-corrected chi connectivity index (χ3v) is 6.64. The van der Waals surface area contributed by atoms with Crippen LogP contribution in [0.5, 0.6) is 11.5 Å². The molecule has 0 radical (unpaired) electrons. The van der Waals surface area contributed by atoms with E-state index in [0.29, 0.717) is 34.6 Å². The van der Waals surface area contributed by atoms with Crippen LogP contribution in [0.4, 0.5) is 10.1 Å². The number of nitrogens with zero attached hydrogens (tertiary/aromatic N) is 4. The molecule has 0 bridgehead atoms. The molecule has 0 aliphatic rings. The van der Waals surface area contributed by atoms with Crippen molar-refractivity contribution >= 4 is 28.5 Å². The molecule has 0 aliphatic heterocycles. The first-order valence-corrected chi connectivity index (χ1v) is 12.6. The van der Waals surface area contributed by atoms with E-state index in [-0.39, 0.29) is 12.1 Å². The Morgan fingerprint density at radius 1 is 1.03 bits per heavy atom. The zero-order valence-corrected chi connectivity index (χ0v) is 22.6. The summed E-state index contributed by atoms with van der Waals surface area (Å²) in [5.41, 5.74) is 0.989. The topological polar surface area (TPSA) is 98.6 Å². The van der Waals surface area contributed by atoms with E-state index in [1.54, 1.807) is 36.4 Å². The van der Waals surface area contributed by atoms with Crippen molar-refractivity contribution < 1.29 is 23.5 Å². The Kier molecular flexibility index (Phi) is 8.13. The van der Waals surface area contributed by atoms with Gasteiger partial charge in [0.1, 0.15) is 35.4 Å². The first kappa shape index (κ1) is 27.6. The molecule has 0 spiro atoms. The Hall–Kier alpha value is -4.47. The molecule has 4 aromatic rings. The molecule has 1 aromatic heterocycles. The molecular formula is C29H32FN5O4. The monoisotopic (exact) mass is 533 g/mol. The smallest absolute Gasteiger partial charge is 0.249 e. The van der Waals surface area contributed by atoms with Crippen molar-refractivity contribution in [3.63, 3.8) is 0 Å². The van der Waals surface area contributed by atoms with E-state index in [1.807, 2.05) is 32.9 Å². The second-order valence-corrected chi connectivity index (χ2v) is 9.72. The van der Waals surface area contributed by atoms with Crippen LogP contribution in [0.2, 0.25) is 0 Å². The highest BCUT2D eigenvalue weighted by Crippen LogP contribution is 2.35. The van der Waals surface area contributed by atoms with E-state index >= 15 is 4.39 Å². The molecular weight excluding hydrogens is 501 g/mol. The van der Waals surface area contributed by atoms with Crippen LogP contribution < -0.4 is 19.7 Å². The lowest BCUT2D eigenvalue weighted by Gasteiger charge is -2.35. The van der Waals surface area contributed by atoms with Gasteiger partial charge in [-0.2, -0.15) is 0 Å². The number of halogens is 1. The van der Waals surface area contributed by atoms with Crippen LogP contribution in [-0.2, 0) is 16.1 Å². The van der Waals surface area contributed by atoms with Crippen LogP contribution in [0.3, 0.4) is 0 Å². The highest BCUT2D eigenvalue weighted by atomic mass is 19.1. The van der Waals surface area contributed by atoms with E-state index in [0.717, 1.165) is 0 Å². The van der Waals surface area contributed by atoms with E-state index in [9.17, 15) is 9.59 Å². The molecule has 1 unspecified atom stereocenters. The maximum atomic E-state index is 15.3. The van der Waals surface area contributed by atoms with Crippen LogP contribution >= 0.6 is 0 Å². The van der Waals surface area contributed by atoms with Crippen LogP contribution in [0.15, 0.2) is 66.7 Å². The molecule has 0 fully saturated rings. The number of hydrogen-bond donors (Lipinski definition) is 1. The van der Waals surface area contributed by atoms with E-state index < -0.39 is 29.2 Å². The average molecular weight is 534 g/mol. The molecule has 1 heterocycles. The van der Waals surface area contributed by atoms with Crippen molar-refractivity contribution in [3.05, 3.63) is 78.1 Å². The molecule has 4 rings (SSSR count). The van der Waals surface area contributed by atoms with Gasteiger partial charge in [-0.15, -0.1) is 5.10 Å². The van der Waals surface area contributed by atoms with Crippen molar-refractivity contribution in [3.8, 4) is 11.5 Å². The molecule has 1 atom stereocenters. The van der Waals surface area contributed by atoms with Crippen LogP contribution in [0.1, 0.15) is 38.8 Å². The first-order chi connectivity index (χ1) is 18.7. The van der Waals surface area contributed by atoms with Gasteiger partial charge in [0.15, 0.2) is 0 Å². The number of benzene rings is 3. The fraction of sp³-hybridized carbons (Fsp3) is 0.310.